The van der Waals surface area contributed by atoms with E-state index >= 15 is 0 Å². The third-order valence-corrected chi connectivity index (χ3v) is 3.23. The SMILES string of the molecule is O=C1CN(/N=C\c2cc(Cl)c3c(c2)OCCCO3)C(=O)N1. The van der Waals surface area contributed by atoms with E-state index in [4.69, 9.17) is 21.1 Å². The Kier molecular flexibility index (Phi) is 3.66. The molecule has 110 valence electrons. The fourth-order valence-corrected chi connectivity index (χ4v) is 2.26. The lowest BCUT2D eigenvalue weighted by Gasteiger charge is -2.10. The Morgan fingerprint density at radius 1 is 1.29 bits per heavy atom. The summed E-state index contributed by atoms with van der Waals surface area (Å²) in [6, 6.07) is 2.84. The number of nitrogens with zero attached hydrogens (tertiary/aromatic N) is 2. The number of carbonyl (C=O) groups is 2. The Bertz CT molecular complexity index is 632. The zero-order valence-electron chi connectivity index (χ0n) is 11.0. The number of halogens is 1. The highest BCUT2D eigenvalue weighted by Gasteiger charge is 2.26. The van der Waals surface area contributed by atoms with Crippen LogP contribution in [0.5, 0.6) is 11.5 Å². The molecule has 2 aliphatic heterocycles. The molecule has 3 rings (SSSR count). The van der Waals surface area contributed by atoms with Crippen molar-refractivity contribution in [2.24, 2.45) is 5.10 Å². The summed E-state index contributed by atoms with van der Waals surface area (Å²) in [6.45, 7) is 1.01. The molecule has 0 radical (unpaired) electrons. The van der Waals surface area contributed by atoms with Crippen LogP contribution < -0.4 is 14.8 Å². The molecule has 0 saturated carbocycles. The molecule has 0 aliphatic carbocycles. The lowest BCUT2D eigenvalue weighted by Crippen LogP contribution is -2.24. The van der Waals surface area contributed by atoms with E-state index in [0.29, 0.717) is 35.3 Å². The van der Waals surface area contributed by atoms with Crippen LogP contribution in [0.1, 0.15) is 12.0 Å². The van der Waals surface area contributed by atoms with Crippen LogP contribution in [-0.4, -0.2) is 42.9 Å². The molecule has 7 nitrogen and oxygen atoms in total. The van der Waals surface area contributed by atoms with E-state index in [-0.39, 0.29) is 12.5 Å². The van der Waals surface area contributed by atoms with E-state index in [1.807, 2.05) is 0 Å². The number of nitrogens with one attached hydrogen (secondary N) is 1. The van der Waals surface area contributed by atoms with Gasteiger partial charge in [0.2, 0.25) is 5.91 Å². The third kappa shape index (κ3) is 2.92. The Labute approximate surface area is 125 Å². The van der Waals surface area contributed by atoms with Gasteiger partial charge < -0.3 is 9.47 Å². The van der Waals surface area contributed by atoms with Crippen LogP contribution in [0.4, 0.5) is 4.79 Å². The van der Waals surface area contributed by atoms with Crippen LogP contribution in [0.15, 0.2) is 17.2 Å². The van der Waals surface area contributed by atoms with Crippen LogP contribution in [0, 0.1) is 0 Å². The standard InChI is InChI=1S/C13H12ClN3O4/c14-9-4-8(5-10-12(9)21-3-1-2-20-10)6-15-17-7-11(18)16-13(17)19/h4-6H,1-3,7H2,(H,16,18,19)/b15-6-. The van der Waals surface area contributed by atoms with Gasteiger partial charge in [0, 0.05) is 6.42 Å². The highest BCUT2D eigenvalue weighted by atomic mass is 35.5. The molecule has 1 saturated heterocycles. The Morgan fingerprint density at radius 2 is 2.10 bits per heavy atom. The van der Waals surface area contributed by atoms with Crippen LogP contribution in [-0.2, 0) is 4.79 Å². The summed E-state index contributed by atoms with van der Waals surface area (Å²) in [5.74, 6) is 0.678. The summed E-state index contributed by atoms with van der Waals surface area (Å²) >= 11 is 6.15. The van der Waals surface area contributed by atoms with Crippen LogP contribution in [0.3, 0.4) is 0 Å². The van der Waals surface area contributed by atoms with Gasteiger partial charge in [0.1, 0.15) is 6.54 Å². The first-order chi connectivity index (χ1) is 10.1. The molecule has 8 heteroatoms. The van der Waals surface area contributed by atoms with Gasteiger partial charge in [-0.1, -0.05) is 11.6 Å². The number of benzene rings is 1. The molecule has 0 spiro atoms. The summed E-state index contributed by atoms with van der Waals surface area (Å²) in [5.41, 5.74) is 0.649. The van der Waals surface area contributed by atoms with Gasteiger partial charge in [-0.15, -0.1) is 0 Å². The van der Waals surface area contributed by atoms with Crippen molar-refractivity contribution in [2.75, 3.05) is 19.8 Å². The molecule has 21 heavy (non-hydrogen) atoms. The Morgan fingerprint density at radius 3 is 2.86 bits per heavy atom. The van der Waals surface area contributed by atoms with Crippen LogP contribution in [0.2, 0.25) is 5.02 Å². The molecule has 1 fully saturated rings. The average Bonchev–Trinajstić information content (AvgIpc) is 2.65. The fourth-order valence-electron chi connectivity index (χ4n) is 1.99. The highest BCUT2D eigenvalue weighted by Crippen LogP contribution is 2.37. The minimum absolute atomic E-state index is 0.0897. The maximum Gasteiger partial charge on any atom is 0.344 e. The van der Waals surface area contributed by atoms with Gasteiger partial charge in [0.05, 0.1) is 24.5 Å². The van der Waals surface area contributed by atoms with Gasteiger partial charge >= 0.3 is 6.03 Å². The maximum atomic E-state index is 11.4. The van der Waals surface area contributed by atoms with Gasteiger partial charge in [-0.2, -0.15) is 5.10 Å². The predicted octanol–water partition coefficient (Wildman–Crippen LogP) is 1.39. The van der Waals surface area contributed by atoms with Crippen molar-refractivity contribution in [2.45, 2.75) is 6.42 Å². The molecule has 0 unspecified atom stereocenters. The third-order valence-electron chi connectivity index (χ3n) is 2.94. The second kappa shape index (κ2) is 5.61. The normalized spacial score (nSPS) is 18.0. The van der Waals surface area contributed by atoms with Crippen molar-refractivity contribution in [3.05, 3.63) is 22.7 Å². The van der Waals surface area contributed by atoms with Crippen molar-refractivity contribution < 1.29 is 19.1 Å². The second-order valence-corrected chi connectivity index (χ2v) is 4.94. The summed E-state index contributed by atoms with van der Waals surface area (Å²) in [4.78, 5) is 22.4. The molecule has 0 atom stereocenters. The number of amides is 3. The molecule has 0 bridgehead atoms. The maximum absolute atomic E-state index is 11.4. The number of hydrazone groups is 1. The van der Waals surface area contributed by atoms with Gasteiger partial charge in [0.25, 0.3) is 0 Å². The smallest absolute Gasteiger partial charge is 0.344 e. The predicted molar refractivity (Wildman–Crippen MR) is 74.9 cm³/mol. The zero-order chi connectivity index (χ0) is 14.8. The van der Waals surface area contributed by atoms with E-state index in [1.165, 1.54) is 6.21 Å². The average molecular weight is 310 g/mol. The summed E-state index contributed by atoms with van der Waals surface area (Å²) in [5, 5.41) is 7.55. The largest absolute Gasteiger partial charge is 0.489 e. The van der Waals surface area contributed by atoms with E-state index in [2.05, 4.69) is 10.4 Å². The van der Waals surface area contributed by atoms with E-state index in [0.717, 1.165) is 11.4 Å². The van der Waals surface area contributed by atoms with E-state index in [1.54, 1.807) is 12.1 Å². The van der Waals surface area contributed by atoms with Crippen molar-refractivity contribution in [1.82, 2.24) is 10.3 Å². The molecule has 1 aromatic rings. The Hall–Kier alpha value is -2.28. The molecular formula is C13H12ClN3O4. The first-order valence-corrected chi connectivity index (χ1v) is 6.76. The topological polar surface area (TPSA) is 80.2 Å². The van der Waals surface area contributed by atoms with Gasteiger partial charge in [0.15, 0.2) is 11.5 Å². The minimum atomic E-state index is -0.545. The minimum Gasteiger partial charge on any atom is -0.489 e. The van der Waals surface area contributed by atoms with E-state index in [9.17, 15) is 9.59 Å². The summed E-state index contributed by atoms with van der Waals surface area (Å²) in [7, 11) is 0. The van der Waals surface area contributed by atoms with E-state index < -0.39 is 6.03 Å². The molecule has 2 heterocycles. The zero-order valence-corrected chi connectivity index (χ0v) is 11.7. The molecule has 2 aliphatic rings. The van der Waals surface area contributed by atoms with Gasteiger partial charge in [-0.3, -0.25) is 10.1 Å². The Balaban J connectivity index is 1.83. The number of hydrogen-bond donors (Lipinski definition) is 1. The second-order valence-electron chi connectivity index (χ2n) is 4.54. The molecule has 0 aromatic heterocycles. The number of ether oxygens (including phenoxy) is 2. The van der Waals surface area contributed by atoms with Crippen LogP contribution >= 0.6 is 11.6 Å². The van der Waals surface area contributed by atoms with Gasteiger partial charge in [-0.25, -0.2) is 9.80 Å². The monoisotopic (exact) mass is 309 g/mol. The fraction of sp³-hybridized carbons (Fsp3) is 0.308. The summed E-state index contributed by atoms with van der Waals surface area (Å²) < 4.78 is 11.1. The summed E-state index contributed by atoms with van der Waals surface area (Å²) in [6.07, 6.45) is 2.23. The molecular weight excluding hydrogens is 298 g/mol. The van der Waals surface area contributed by atoms with Crippen molar-refractivity contribution in [3.63, 3.8) is 0 Å². The quantitative estimate of drug-likeness (QED) is 0.661. The van der Waals surface area contributed by atoms with Crippen molar-refractivity contribution >= 4 is 29.8 Å². The number of rotatable bonds is 2. The number of urea groups is 1. The highest BCUT2D eigenvalue weighted by molar-refractivity contribution is 6.32. The van der Waals surface area contributed by atoms with Crippen LogP contribution in [0.25, 0.3) is 0 Å². The number of fused-ring (bicyclic) bond motifs is 1. The van der Waals surface area contributed by atoms with Crippen molar-refractivity contribution in [3.8, 4) is 11.5 Å². The van der Waals surface area contributed by atoms with Gasteiger partial charge in [-0.05, 0) is 17.7 Å². The lowest BCUT2D eigenvalue weighted by atomic mass is 10.2. The number of hydrogen-bond acceptors (Lipinski definition) is 5. The number of imide groups is 1. The molecule has 3 amide bonds. The first kappa shape index (κ1) is 13.7. The molecule has 1 N–H and O–H groups in total. The lowest BCUT2D eigenvalue weighted by molar-refractivity contribution is -0.118. The molecule has 1 aromatic carbocycles. The van der Waals surface area contributed by atoms with Crippen molar-refractivity contribution in [1.29, 1.82) is 0 Å². The number of carbonyl (C=O) groups excluding carboxylic acids is 2. The first-order valence-electron chi connectivity index (χ1n) is 6.38.